The third kappa shape index (κ3) is 4.30. The van der Waals surface area contributed by atoms with Crippen molar-refractivity contribution < 1.29 is 13.6 Å². The van der Waals surface area contributed by atoms with Crippen molar-refractivity contribution in [3.05, 3.63) is 83.0 Å². The molecule has 0 fully saturated rings. The van der Waals surface area contributed by atoms with E-state index in [4.69, 9.17) is 11.6 Å². The van der Waals surface area contributed by atoms with Gasteiger partial charge in [-0.3, -0.25) is 4.79 Å². The monoisotopic (exact) mass is 359 g/mol. The Morgan fingerprint density at radius 1 is 1.00 bits per heavy atom. The number of nitrogens with zero attached hydrogens (tertiary/aromatic N) is 1. The van der Waals surface area contributed by atoms with Crippen LogP contribution in [0, 0.1) is 11.6 Å². The molecule has 3 aromatic rings. The molecule has 0 radical (unpaired) electrons. The van der Waals surface area contributed by atoms with Crippen molar-refractivity contribution in [1.29, 1.82) is 0 Å². The summed E-state index contributed by atoms with van der Waals surface area (Å²) in [6.07, 6.45) is 1.36. The van der Waals surface area contributed by atoms with Crippen LogP contribution >= 0.6 is 11.6 Å². The number of hydrogen-bond donors (Lipinski definition) is 2. The zero-order valence-corrected chi connectivity index (χ0v) is 13.5. The molecule has 0 aliphatic heterocycles. The van der Waals surface area contributed by atoms with Crippen LogP contribution in [-0.4, -0.2) is 10.9 Å². The molecule has 2 aromatic carbocycles. The highest BCUT2D eigenvalue weighted by atomic mass is 35.5. The minimum atomic E-state index is -0.845. The van der Waals surface area contributed by atoms with Gasteiger partial charge in [0, 0.05) is 23.0 Å². The molecule has 0 aliphatic carbocycles. The molecule has 0 atom stereocenters. The smallest absolute Gasteiger partial charge is 0.257 e. The third-order valence-electron chi connectivity index (χ3n) is 3.32. The summed E-state index contributed by atoms with van der Waals surface area (Å²) in [6.45, 7) is 0. The number of pyridine rings is 1. The normalized spacial score (nSPS) is 10.4. The topological polar surface area (TPSA) is 54.0 Å². The predicted octanol–water partition coefficient (Wildman–Crippen LogP) is 5.01. The van der Waals surface area contributed by atoms with E-state index in [0.29, 0.717) is 16.9 Å². The average Bonchev–Trinajstić information content (AvgIpc) is 2.60. The van der Waals surface area contributed by atoms with Gasteiger partial charge in [0.1, 0.15) is 17.5 Å². The zero-order valence-electron chi connectivity index (χ0n) is 12.8. The van der Waals surface area contributed by atoms with Gasteiger partial charge in [0.15, 0.2) is 0 Å². The molecule has 0 spiro atoms. The Kier molecular flexibility index (Phi) is 4.90. The van der Waals surface area contributed by atoms with Gasteiger partial charge in [-0.15, -0.1) is 0 Å². The molecule has 0 saturated carbocycles. The van der Waals surface area contributed by atoms with E-state index in [-0.39, 0.29) is 11.3 Å². The number of amides is 1. The first-order valence-corrected chi connectivity index (χ1v) is 7.64. The van der Waals surface area contributed by atoms with Crippen LogP contribution in [0.4, 0.5) is 26.0 Å². The van der Waals surface area contributed by atoms with Crippen molar-refractivity contribution in [2.24, 2.45) is 0 Å². The number of benzene rings is 2. The van der Waals surface area contributed by atoms with E-state index in [9.17, 15) is 13.6 Å². The molecule has 2 N–H and O–H groups in total. The number of rotatable bonds is 4. The van der Waals surface area contributed by atoms with Gasteiger partial charge in [-0.05, 0) is 48.5 Å². The average molecular weight is 360 g/mol. The maximum Gasteiger partial charge on any atom is 0.257 e. The molecule has 126 valence electrons. The van der Waals surface area contributed by atoms with Crippen molar-refractivity contribution in [2.75, 3.05) is 10.6 Å². The highest BCUT2D eigenvalue weighted by molar-refractivity contribution is 6.30. The molecule has 1 heterocycles. The molecule has 7 heteroatoms. The molecule has 1 amide bonds. The summed E-state index contributed by atoms with van der Waals surface area (Å²) in [5, 5.41) is 6.06. The van der Waals surface area contributed by atoms with Crippen molar-refractivity contribution >= 4 is 34.7 Å². The van der Waals surface area contributed by atoms with Crippen molar-refractivity contribution in [3.63, 3.8) is 0 Å². The largest absolute Gasteiger partial charge is 0.340 e. The van der Waals surface area contributed by atoms with Crippen LogP contribution in [0.2, 0.25) is 5.02 Å². The molecular formula is C18H12ClF2N3O. The van der Waals surface area contributed by atoms with Crippen LogP contribution in [0.15, 0.2) is 60.8 Å². The van der Waals surface area contributed by atoms with E-state index in [2.05, 4.69) is 15.6 Å². The van der Waals surface area contributed by atoms with Gasteiger partial charge < -0.3 is 10.6 Å². The summed E-state index contributed by atoms with van der Waals surface area (Å²) < 4.78 is 26.4. The highest BCUT2D eigenvalue weighted by Crippen LogP contribution is 2.19. The quantitative estimate of drug-likeness (QED) is 0.688. The summed E-state index contributed by atoms with van der Waals surface area (Å²) in [7, 11) is 0. The van der Waals surface area contributed by atoms with Crippen LogP contribution in [-0.2, 0) is 0 Å². The molecule has 0 saturated heterocycles. The second kappa shape index (κ2) is 7.27. The highest BCUT2D eigenvalue weighted by Gasteiger charge is 2.10. The first-order valence-electron chi connectivity index (χ1n) is 7.26. The molecule has 3 rings (SSSR count). The fourth-order valence-corrected chi connectivity index (χ4v) is 2.19. The van der Waals surface area contributed by atoms with Crippen LogP contribution in [0.3, 0.4) is 0 Å². The van der Waals surface area contributed by atoms with Gasteiger partial charge in [0.2, 0.25) is 0 Å². The van der Waals surface area contributed by atoms with E-state index in [1.807, 2.05) is 0 Å². The molecule has 4 nitrogen and oxygen atoms in total. The number of carbonyl (C=O) groups excluding carboxylic acids is 1. The van der Waals surface area contributed by atoms with Gasteiger partial charge >= 0.3 is 0 Å². The molecule has 0 bridgehead atoms. The second-order valence-corrected chi connectivity index (χ2v) is 5.58. The number of nitrogens with one attached hydrogen (secondary N) is 2. The number of carbonyl (C=O) groups is 1. The van der Waals surface area contributed by atoms with Crippen LogP contribution in [0.25, 0.3) is 0 Å². The molecule has 0 unspecified atom stereocenters. The number of aromatic nitrogens is 1. The first-order chi connectivity index (χ1) is 12.0. The van der Waals surface area contributed by atoms with Gasteiger partial charge in [-0.25, -0.2) is 13.8 Å². The van der Waals surface area contributed by atoms with Crippen molar-refractivity contribution in [2.45, 2.75) is 0 Å². The number of hydrogen-bond acceptors (Lipinski definition) is 3. The van der Waals surface area contributed by atoms with Crippen molar-refractivity contribution in [3.8, 4) is 0 Å². The lowest BCUT2D eigenvalue weighted by molar-refractivity contribution is 0.102. The first kappa shape index (κ1) is 16.9. The minimum absolute atomic E-state index is 0.102. The van der Waals surface area contributed by atoms with Gasteiger partial charge in [-0.2, -0.15) is 0 Å². The maximum absolute atomic E-state index is 13.6. The molecule has 1 aromatic heterocycles. The number of anilines is 3. The van der Waals surface area contributed by atoms with Crippen LogP contribution in [0.5, 0.6) is 0 Å². The van der Waals surface area contributed by atoms with E-state index < -0.39 is 17.5 Å². The lowest BCUT2D eigenvalue weighted by atomic mass is 10.2. The summed E-state index contributed by atoms with van der Waals surface area (Å²) in [5.41, 5.74) is 0.933. The van der Waals surface area contributed by atoms with Crippen molar-refractivity contribution in [1.82, 2.24) is 4.98 Å². The fourth-order valence-electron chi connectivity index (χ4n) is 2.07. The Morgan fingerprint density at radius 3 is 2.40 bits per heavy atom. The fraction of sp³-hybridized carbons (Fsp3) is 0. The van der Waals surface area contributed by atoms with Gasteiger partial charge in [-0.1, -0.05) is 11.6 Å². The van der Waals surface area contributed by atoms with E-state index in [1.54, 1.807) is 36.4 Å². The second-order valence-electron chi connectivity index (χ2n) is 5.14. The Hall–Kier alpha value is -2.99. The summed E-state index contributed by atoms with van der Waals surface area (Å²) in [4.78, 5) is 16.2. The summed E-state index contributed by atoms with van der Waals surface area (Å²) >= 11 is 5.82. The maximum atomic E-state index is 13.6. The Labute approximate surface area is 147 Å². The van der Waals surface area contributed by atoms with Crippen LogP contribution < -0.4 is 10.6 Å². The zero-order chi connectivity index (χ0) is 17.8. The molecule has 25 heavy (non-hydrogen) atoms. The summed E-state index contributed by atoms with van der Waals surface area (Å²) in [5.74, 6) is -1.57. The predicted molar refractivity (Wildman–Crippen MR) is 93.3 cm³/mol. The number of halogens is 3. The van der Waals surface area contributed by atoms with E-state index >= 15 is 0 Å². The van der Waals surface area contributed by atoms with Gasteiger partial charge in [0.05, 0.1) is 11.3 Å². The lowest BCUT2D eigenvalue weighted by Gasteiger charge is -2.08. The SMILES string of the molecule is O=C(Nc1ccc(F)cc1F)c1ccc(Nc2ccc(Cl)cc2)nc1. The van der Waals surface area contributed by atoms with E-state index in [0.717, 1.165) is 17.8 Å². The molecular weight excluding hydrogens is 348 g/mol. The Balaban J connectivity index is 1.68. The Bertz CT molecular complexity index is 899. The van der Waals surface area contributed by atoms with Gasteiger partial charge in [0.25, 0.3) is 5.91 Å². The third-order valence-corrected chi connectivity index (χ3v) is 3.57. The molecule has 0 aliphatic rings. The minimum Gasteiger partial charge on any atom is -0.340 e. The lowest BCUT2D eigenvalue weighted by Crippen LogP contribution is -2.13. The summed E-state index contributed by atoms with van der Waals surface area (Å²) in [6, 6.07) is 13.2. The van der Waals surface area contributed by atoms with E-state index in [1.165, 1.54) is 6.20 Å². The Morgan fingerprint density at radius 2 is 1.76 bits per heavy atom. The van der Waals surface area contributed by atoms with Crippen LogP contribution in [0.1, 0.15) is 10.4 Å². The standard InChI is InChI=1S/C18H12ClF2N3O/c19-12-2-5-14(6-3-12)23-17-8-1-11(10-22-17)18(25)24-16-7-4-13(20)9-15(16)21/h1-10H,(H,22,23)(H,24,25).